The van der Waals surface area contributed by atoms with E-state index in [0.717, 1.165) is 29.7 Å². The molecule has 0 saturated carbocycles. The number of carbonyl (C=O) groups excluding carboxylic acids is 1. The molecular weight excluding hydrogens is 434 g/mol. The number of aromatic nitrogens is 2. The van der Waals surface area contributed by atoms with Gasteiger partial charge in [-0.2, -0.15) is 0 Å². The molecule has 0 aliphatic carbocycles. The molecule has 0 N–H and O–H groups in total. The lowest BCUT2D eigenvalue weighted by Gasteiger charge is -2.11. The number of thiophene rings is 1. The van der Waals surface area contributed by atoms with Crippen molar-refractivity contribution in [2.45, 2.75) is 58.1 Å². The van der Waals surface area contributed by atoms with Crippen molar-refractivity contribution < 1.29 is 17.9 Å². The zero-order valence-corrected chi connectivity index (χ0v) is 20.3. The number of hydrogen-bond donors (Lipinski definition) is 0. The minimum absolute atomic E-state index is 0.0311. The highest BCUT2D eigenvalue weighted by Gasteiger charge is 2.21. The van der Waals surface area contributed by atoms with Gasteiger partial charge in [0.2, 0.25) is 10.0 Å². The van der Waals surface area contributed by atoms with Gasteiger partial charge in [0.05, 0.1) is 15.9 Å². The van der Waals surface area contributed by atoms with E-state index < -0.39 is 10.0 Å². The van der Waals surface area contributed by atoms with Gasteiger partial charge in [0.25, 0.3) is 0 Å². The van der Waals surface area contributed by atoms with Crippen molar-refractivity contribution in [3.8, 4) is 0 Å². The Morgan fingerprint density at radius 1 is 1.19 bits per heavy atom. The molecule has 0 aliphatic heterocycles. The van der Waals surface area contributed by atoms with E-state index in [1.54, 1.807) is 18.2 Å². The minimum Gasteiger partial charge on any atom is -0.453 e. The predicted molar refractivity (Wildman–Crippen MR) is 123 cm³/mol. The van der Waals surface area contributed by atoms with Crippen LogP contribution in [0.3, 0.4) is 0 Å². The highest BCUT2D eigenvalue weighted by molar-refractivity contribution is 7.89. The molecule has 7 nitrogen and oxygen atoms in total. The first kappa shape index (κ1) is 23.4. The second-order valence-electron chi connectivity index (χ2n) is 7.64. The van der Waals surface area contributed by atoms with Gasteiger partial charge < -0.3 is 9.30 Å². The number of nitrogens with zero attached hydrogens (tertiary/aromatic N) is 3. The Bertz CT molecular complexity index is 1190. The summed E-state index contributed by atoms with van der Waals surface area (Å²) in [5.74, 6) is 0.244. The average Bonchev–Trinajstić information content (AvgIpc) is 3.26. The number of ether oxygens (including phenoxy) is 1. The van der Waals surface area contributed by atoms with Crippen molar-refractivity contribution in [2.24, 2.45) is 0 Å². The molecule has 31 heavy (non-hydrogen) atoms. The third-order valence-corrected chi connectivity index (χ3v) is 7.98. The molecule has 168 valence electrons. The Morgan fingerprint density at radius 2 is 1.94 bits per heavy atom. The second kappa shape index (κ2) is 9.50. The molecule has 0 radical (unpaired) electrons. The smallest absolute Gasteiger partial charge is 0.348 e. The van der Waals surface area contributed by atoms with Gasteiger partial charge in [-0.25, -0.2) is 22.5 Å². The van der Waals surface area contributed by atoms with Crippen LogP contribution in [0.1, 0.15) is 52.6 Å². The number of hydrogen-bond acceptors (Lipinski definition) is 6. The molecule has 3 aromatic rings. The number of aryl methyl sites for hydroxylation is 3. The number of esters is 1. The summed E-state index contributed by atoms with van der Waals surface area (Å²) in [5, 5.41) is 0. The van der Waals surface area contributed by atoms with Gasteiger partial charge >= 0.3 is 5.97 Å². The van der Waals surface area contributed by atoms with E-state index in [1.807, 2.05) is 17.6 Å². The summed E-state index contributed by atoms with van der Waals surface area (Å²) in [7, 11) is -0.556. The predicted octanol–water partition coefficient (Wildman–Crippen LogP) is 4.38. The van der Waals surface area contributed by atoms with Gasteiger partial charge in [-0.3, -0.25) is 0 Å². The van der Waals surface area contributed by atoms with E-state index in [2.05, 4.69) is 18.8 Å². The number of carbonyl (C=O) groups is 1. The van der Waals surface area contributed by atoms with Crippen molar-refractivity contribution in [2.75, 3.05) is 14.1 Å². The number of rotatable bonds is 9. The molecular formula is C22H29N3O4S2. The van der Waals surface area contributed by atoms with Crippen LogP contribution in [0.25, 0.3) is 11.0 Å². The number of fused-ring (bicyclic) bond motifs is 1. The van der Waals surface area contributed by atoms with Crippen LogP contribution < -0.4 is 0 Å². The lowest BCUT2D eigenvalue weighted by atomic mass is 10.1. The highest BCUT2D eigenvalue weighted by Crippen LogP contribution is 2.25. The van der Waals surface area contributed by atoms with Crippen LogP contribution in [0, 0.1) is 6.92 Å². The molecule has 0 bridgehead atoms. The van der Waals surface area contributed by atoms with E-state index in [0.29, 0.717) is 22.8 Å². The van der Waals surface area contributed by atoms with E-state index >= 15 is 0 Å². The monoisotopic (exact) mass is 463 g/mol. The fraction of sp³-hybridized carbons (Fsp3) is 0.455. The van der Waals surface area contributed by atoms with Crippen molar-refractivity contribution in [1.82, 2.24) is 13.9 Å². The van der Waals surface area contributed by atoms with Gasteiger partial charge in [-0.1, -0.05) is 20.3 Å². The van der Waals surface area contributed by atoms with Crippen LogP contribution in [0.4, 0.5) is 0 Å². The van der Waals surface area contributed by atoms with Gasteiger partial charge in [-0.05, 0) is 49.6 Å². The van der Waals surface area contributed by atoms with Gasteiger partial charge in [-0.15, -0.1) is 11.3 Å². The molecule has 1 aromatic carbocycles. The van der Waals surface area contributed by atoms with Crippen LogP contribution >= 0.6 is 11.3 Å². The summed E-state index contributed by atoms with van der Waals surface area (Å²) < 4.78 is 33.7. The molecule has 0 unspecified atom stereocenters. The summed E-state index contributed by atoms with van der Waals surface area (Å²) in [5.41, 5.74) is 2.58. The zero-order chi connectivity index (χ0) is 22.8. The first-order chi connectivity index (χ1) is 14.7. The first-order valence-electron chi connectivity index (χ1n) is 10.4. The van der Waals surface area contributed by atoms with Crippen LogP contribution in [0.15, 0.2) is 29.2 Å². The summed E-state index contributed by atoms with van der Waals surface area (Å²) >= 11 is 1.45. The maximum atomic E-state index is 12.6. The zero-order valence-electron chi connectivity index (χ0n) is 18.6. The van der Waals surface area contributed by atoms with Crippen molar-refractivity contribution in [3.63, 3.8) is 0 Å². The molecule has 9 heteroatoms. The average molecular weight is 464 g/mol. The third kappa shape index (κ3) is 4.83. The normalized spacial score (nSPS) is 12.1. The number of imidazole rings is 1. The summed E-state index contributed by atoms with van der Waals surface area (Å²) in [4.78, 5) is 19.1. The minimum atomic E-state index is -3.55. The van der Waals surface area contributed by atoms with Crippen molar-refractivity contribution >= 4 is 38.4 Å². The van der Waals surface area contributed by atoms with Gasteiger partial charge in [0.1, 0.15) is 17.3 Å². The maximum absolute atomic E-state index is 12.6. The van der Waals surface area contributed by atoms with Crippen LogP contribution in [-0.2, 0) is 34.3 Å². The Kier molecular flexibility index (Phi) is 7.18. The van der Waals surface area contributed by atoms with Crippen LogP contribution in [-0.4, -0.2) is 42.3 Å². The molecule has 0 spiro atoms. The molecule has 2 heterocycles. The third-order valence-electron chi connectivity index (χ3n) is 5.10. The SMILES string of the molecule is CCCc1cc(C(=O)OCc2nc3cc(S(=O)(=O)N(C)C)ccc3n2CCC)sc1C. The van der Waals surface area contributed by atoms with E-state index in [4.69, 9.17) is 4.74 Å². The topological polar surface area (TPSA) is 81.5 Å². The summed E-state index contributed by atoms with van der Waals surface area (Å²) in [6.07, 6.45) is 2.84. The van der Waals surface area contributed by atoms with E-state index in [9.17, 15) is 13.2 Å². The molecule has 0 saturated heterocycles. The fourth-order valence-electron chi connectivity index (χ4n) is 3.45. The van der Waals surface area contributed by atoms with Crippen molar-refractivity contribution in [3.05, 3.63) is 45.4 Å². The Balaban J connectivity index is 1.88. The highest BCUT2D eigenvalue weighted by atomic mass is 32.2. The lowest BCUT2D eigenvalue weighted by molar-refractivity contribution is 0.0464. The molecule has 0 amide bonds. The standard InChI is InChI=1S/C22H29N3O4S2/c1-6-8-16-12-20(30-15(16)3)22(26)29-14-21-23-18-13-17(31(27,28)24(4)5)9-10-19(18)25(21)11-7-2/h9-10,12-13H,6-8,11,14H2,1-5H3. The van der Waals surface area contributed by atoms with Crippen LogP contribution in [0.5, 0.6) is 0 Å². The summed E-state index contributed by atoms with van der Waals surface area (Å²) in [6, 6.07) is 6.84. The molecule has 0 atom stereocenters. The lowest BCUT2D eigenvalue weighted by Crippen LogP contribution is -2.22. The number of benzene rings is 1. The van der Waals surface area contributed by atoms with E-state index in [-0.39, 0.29) is 17.5 Å². The molecule has 3 rings (SSSR count). The molecule has 2 aromatic heterocycles. The molecule has 0 fully saturated rings. The second-order valence-corrected chi connectivity index (χ2v) is 11.0. The number of sulfonamides is 1. The Labute approximate surface area is 187 Å². The Hall–Kier alpha value is -2.23. The quantitative estimate of drug-likeness (QED) is 0.440. The van der Waals surface area contributed by atoms with E-state index in [1.165, 1.54) is 35.3 Å². The fourth-order valence-corrected chi connectivity index (χ4v) is 5.34. The summed E-state index contributed by atoms with van der Waals surface area (Å²) in [6.45, 7) is 6.91. The van der Waals surface area contributed by atoms with Gasteiger partial charge in [0.15, 0.2) is 0 Å². The van der Waals surface area contributed by atoms with Gasteiger partial charge in [0, 0.05) is 25.5 Å². The largest absolute Gasteiger partial charge is 0.453 e. The Morgan fingerprint density at radius 3 is 2.58 bits per heavy atom. The van der Waals surface area contributed by atoms with Crippen molar-refractivity contribution in [1.29, 1.82) is 0 Å². The maximum Gasteiger partial charge on any atom is 0.348 e. The van der Waals surface area contributed by atoms with Crippen LogP contribution in [0.2, 0.25) is 0 Å². The molecule has 0 aliphatic rings. The first-order valence-corrected chi connectivity index (χ1v) is 12.6.